The number of nitrogens with one attached hydrogen (secondary N) is 1. The summed E-state index contributed by atoms with van der Waals surface area (Å²) in [6.45, 7) is 8.92. The Morgan fingerprint density at radius 1 is 1.27 bits per heavy atom. The fraction of sp³-hybridized carbons (Fsp3) is 0.292. The van der Waals surface area contributed by atoms with Gasteiger partial charge in [-0.3, -0.25) is 4.79 Å². The molecule has 33 heavy (non-hydrogen) atoms. The van der Waals surface area contributed by atoms with Gasteiger partial charge in [0.1, 0.15) is 11.6 Å². The molecule has 0 aliphatic carbocycles. The van der Waals surface area contributed by atoms with Crippen LogP contribution in [0.25, 0.3) is 0 Å². The van der Waals surface area contributed by atoms with Crippen LogP contribution in [0.15, 0.2) is 58.7 Å². The highest BCUT2D eigenvalue weighted by atomic mass is 79.9. The second-order valence-corrected chi connectivity index (χ2v) is 9.71. The molecule has 6 nitrogen and oxygen atoms in total. The first-order valence-corrected chi connectivity index (χ1v) is 12.6. The molecule has 174 valence electrons. The van der Waals surface area contributed by atoms with E-state index in [0.717, 1.165) is 39.3 Å². The average Bonchev–Trinajstić information content (AvgIpc) is 3.15. The highest BCUT2D eigenvalue weighted by Gasteiger charge is 2.14. The molecule has 0 radical (unpaired) electrons. The molecule has 1 N–H and O–H groups in total. The third-order valence-electron chi connectivity index (χ3n) is 4.80. The molecule has 3 aromatic rings. The van der Waals surface area contributed by atoms with Crippen LogP contribution >= 0.6 is 39.3 Å². The summed E-state index contributed by atoms with van der Waals surface area (Å²) in [6, 6.07) is 11.4. The van der Waals surface area contributed by atoms with Crippen LogP contribution in [0.2, 0.25) is 5.02 Å². The molecule has 0 unspecified atom stereocenters. The number of anilines is 1. The van der Waals surface area contributed by atoms with Crippen molar-refractivity contribution >= 4 is 50.9 Å². The van der Waals surface area contributed by atoms with Crippen LogP contribution < -0.4 is 10.1 Å². The Kier molecular flexibility index (Phi) is 9.41. The number of amides is 1. The fourth-order valence-electron chi connectivity index (χ4n) is 3.11. The number of aryl methyl sites for hydroxylation is 3. The molecule has 0 atom stereocenters. The maximum absolute atomic E-state index is 12.5. The Morgan fingerprint density at radius 3 is 2.85 bits per heavy atom. The van der Waals surface area contributed by atoms with Crippen molar-refractivity contribution in [3.63, 3.8) is 0 Å². The number of thioether (sulfide) groups is 1. The quantitative estimate of drug-likeness (QED) is 0.174. The number of nitrogens with zero attached hydrogens (tertiary/aromatic N) is 3. The van der Waals surface area contributed by atoms with Gasteiger partial charge in [0.2, 0.25) is 5.91 Å². The molecule has 1 amide bonds. The average molecular weight is 550 g/mol. The fourth-order valence-corrected chi connectivity index (χ4v) is 4.68. The van der Waals surface area contributed by atoms with Crippen molar-refractivity contribution in [1.29, 1.82) is 0 Å². The van der Waals surface area contributed by atoms with E-state index in [1.165, 1.54) is 11.8 Å². The Balaban J connectivity index is 1.54. The molecule has 9 heteroatoms. The maximum atomic E-state index is 12.5. The van der Waals surface area contributed by atoms with Crippen LogP contribution in [-0.4, -0.2) is 33.0 Å². The summed E-state index contributed by atoms with van der Waals surface area (Å²) in [6.07, 6.45) is 3.26. The van der Waals surface area contributed by atoms with Crippen LogP contribution in [0.3, 0.4) is 0 Å². The molecule has 1 aromatic heterocycles. The molecule has 2 aromatic carbocycles. The van der Waals surface area contributed by atoms with Crippen molar-refractivity contribution in [2.45, 2.75) is 38.4 Å². The third-order valence-corrected chi connectivity index (χ3v) is 6.62. The molecule has 0 saturated heterocycles. The van der Waals surface area contributed by atoms with Crippen molar-refractivity contribution in [1.82, 2.24) is 14.8 Å². The predicted molar refractivity (Wildman–Crippen MR) is 138 cm³/mol. The van der Waals surface area contributed by atoms with Gasteiger partial charge in [-0.1, -0.05) is 41.6 Å². The van der Waals surface area contributed by atoms with Gasteiger partial charge in [-0.15, -0.1) is 16.8 Å². The SMILES string of the molecule is C=CCn1c(CCCOc2ccc(Cl)cc2Br)nnc1SCC(=O)Nc1cc(C)ccc1C. The van der Waals surface area contributed by atoms with Crippen molar-refractivity contribution in [3.05, 3.63) is 75.5 Å². The maximum Gasteiger partial charge on any atom is 0.234 e. The minimum Gasteiger partial charge on any atom is -0.492 e. The Morgan fingerprint density at radius 2 is 2.09 bits per heavy atom. The third kappa shape index (κ3) is 7.35. The predicted octanol–water partition coefficient (Wildman–Crippen LogP) is 6.24. The summed E-state index contributed by atoms with van der Waals surface area (Å²) in [4.78, 5) is 12.5. The molecule has 0 saturated carbocycles. The van der Waals surface area contributed by atoms with Crippen molar-refractivity contribution < 1.29 is 9.53 Å². The van der Waals surface area contributed by atoms with E-state index in [2.05, 4.69) is 38.0 Å². The summed E-state index contributed by atoms with van der Waals surface area (Å²) in [5.74, 6) is 1.76. The van der Waals surface area contributed by atoms with Gasteiger partial charge in [0.25, 0.3) is 0 Å². The number of hydrogen-bond acceptors (Lipinski definition) is 5. The van der Waals surface area contributed by atoms with E-state index in [-0.39, 0.29) is 11.7 Å². The van der Waals surface area contributed by atoms with Gasteiger partial charge < -0.3 is 14.6 Å². The molecule has 0 aliphatic rings. The summed E-state index contributed by atoms with van der Waals surface area (Å²) < 4.78 is 8.64. The van der Waals surface area contributed by atoms with Crippen molar-refractivity contribution in [2.75, 3.05) is 17.7 Å². The van der Waals surface area contributed by atoms with Gasteiger partial charge in [-0.25, -0.2) is 0 Å². The first-order chi connectivity index (χ1) is 15.9. The summed E-state index contributed by atoms with van der Waals surface area (Å²) in [5, 5.41) is 12.9. The standard InChI is InChI=1S/C24H26BrClN4O2S/c1-4-11-30-22(6-5-12-32-21-10-9-18(26)14-19(21)25)28-29-24(30)33-15-23(31)27-20-13-16(2)7-8-17(20)3/h4,7-10,13-14H,1,5-6,11-12,15H2,2-3H3,(H,27,31). The lowest BCUT2D eigenvalue weighted by Crippen LogP contribution is -2.15. The van der Waals surface area contributed by atoms with Gasteiger partial charge in [0.15, 0.2) is 5.16 Å². The number of carbonyl (C=O) groups is 1. The van der Waals surface area contributed by atoms with Gasteiger partial charge in [0.05, 0.1) is 16.8 Å². The Labute approximate surface area is 211 Å². The lowest BCUT2D eigenvalue weighted by molar-refractivity contribution is -0.113. The van der Waals surface area contributed by atoms with E-state index in [1.54, 1.807) is 18.2 Å². The van der Waals surface area contributed by atoms with Crippen molar-refractivity contribution in [3.8, 4) is 5.75 Å². The van der Waals surface area contributed by atoms with E-state index in [0.29, 0.717) is 29.8 Å². The van der Waals surface area contributed by atoms with Crippen LogP contribution in [0.5, 0.6) is 5.75 Å². The number of benzene rings is 2. The van der Waals surface area contributed by atoms with Gasteiger partial charge in [-0.2, -0.15) is 0 Å². The first kappa shape index (κ1) is 25.3. The lowest BCUT2D eigenvalue weighted by atomic mass is 10.1. The Bertz CT molecular complexity index is 1140. The van der Waals surface area contributed by atoms with Gasteiger partial charge >= 0.3 is 0 Å². The highest BCUT2D eigenvalue weighted by molar-refractivity contribution is 9.10. The van der Waals surface area contributed by atoms with E-state index in [1.807, 2.05) is 42.7 Å². The minimum absolute atomic E-state index is 0.0784. The molecule has 0 aliphatic heterocycles. The number of aromatic nitrogens is 3. The van der Waals surface area contributed by atoms with Crippen LogP contribution in [0.4, 0.5) is 5.69 Å². The lowest BCUT2D eigenvalue weighted by Gasteiger charge is -2.11. The molecule has 0 fully saturated rings. The second-order valence-electron chi connectivity index (χ2n) is 7.48. The molecular weight excluding hydrogens is 524 g/mol. The molecule has 1 heterocycles. The summed E-state index contributed by atoms with van der Waals surface area (Å²) in [5.41, 5.74) is 2.97. The highest BCUT2D eigenvalue weighted by Crippen LogP contribution is 2.28. The monoisotopic (exact) mass is 548 g/mol. The minimum atomic E-state index is -0.0784. The molecular formula is C24H26BrClN4O2S. The number of carbonyl (C=O) groups excluding carboxylic acids is 1. The molecule has 0 bridgehead atoms. The first-order valence-electron chi connectivity index (χ1n) is 10.5. The van der Waals surface area contributed by atoms with Crippen molar-refractivity contribution in [2.24, 2.45) is 0 Å². The van der Waals surface area contributed by atoms with Crippen LogP contribution in [0, 0.1) is 13.8 Å². The number of rotatable bonds is 11. The van der Waals surface area contributed by atoms with Crippen LogP contribution in [-0.2, 0) is 17.8 Å². The smallest absolute Gasteiger partial charge is 0.234 e. The second kappa shape index (κ2) is 12.3. The zero-order valence-electron chi connectivity index (χ0n) is 18.6. The van der Waals surface area contributed by atoms with E-state index < -0.39 is 0 Å². The largest absolute Gasteiger partial charge is 0.492 e. The molecule has 3 rings (SSSR count). The topological polar surface area (TPSA) is 69.0 Å². The van der Waals surface area contributed by atoms with Gasteiger partial charge in [0, 0.05) is 23.7 Å². The zero-order chi connectivity index (χ0) is 23.8. The zero-order valence-corrected chi connectivity index (χ0v) is 21.8. The van der Waals surface area contributed by atoms with E-state index in [4.69, 9.17) is 16.3 Å². The van der Waals surface area contributed by atoms with E-state index in [9.17, 15) is 4.79 Å². The number of allylic oxidation sites excluding steroid dienone is 1. The number of ether oxygens (including phenoxy) is 1. The van der Waals surface area contributed by atoms with E-state index >= 15 is 0 Å². The summed E-state index contributed by atoms with van der Waals surface area (Å²) >= 11 is 10.8. The molecule has 0 spiro atoms. The number of hydrogen-bond donors (Lipinski definition) is 1. The van der Waals surface area contributed by atoms with Crippen LogP contribution in [0.1, 0.15) is 23.4 Å². The normalized spacial score (nSPS) is 10.8. The summed E-state index contributed by atoms with van der Waals surface area (Å²) in [7, 11) is 0. The Hall–Kier alpha value is -2.29. The van der Waals surface area contributed by atoms with Gasteiger partial charge in [-0.05, 0) is 71.6 Å². The number of halogens is 2.